The zero-order valence-corrected chi connectivity index (χ0v) is 31.5. The number of anilines is 2. The smallest absolute Gasteiger partial charge is 0.265 e. The predicted molar refractivity (Wildman–Crippen MR) is 205 cm³/mol. The summed E-state index contributed by atoms with van der Waals surface area (Å²) in [5, 5.41) is 16.4. The molecule has 270 valence electrons. The summed E-state index contributed by atoms with van der Waals surface area (Å²) in [5.74, 6) is 0.638. The molecule has 4 rings (SSSR count). The van der Waals surface area contributed by atoms with Gasteiger partial charge in [-0.25, -0.2) is 4.98 Å². The number of nitrogens with one attached hydrogen (secondary N) is 2. The number of nitrogens with zero attached hydrogens (tertiary/aromatic N) is 5. The number of benzene rings is 2. The van der Waals surface area contributed by atoms with E-state index in [1.165, 1.54) is 14.2 Å². The highest BCUT2D eigenvalue weighted by Crippen LogP contribution is 2.45. The molecule has 0 aliphatic heterocycles. The van der Waals surface area contributed by atoms with Crippen molar-refractivity contribution in [3.63, 3.8) is 0 Å². The number of amides is 1. The van der Waals surface area contributed by atoms with Crippen LogP contribution in [0, 0.1) is 17.2 Å². The minimum Gasteiger partial charge on any atom is -0.495 e. The fourth-order valence-electron chi connectivity index (χ4n) is 5.64. The second-order valence-electron chi connectivity index (χ2n) is 12.3. The number of aryl methyl sites for hydroxylation is 2. The third kappa shape index (κ3) is 9.79. The SMILES string of the molecule is CCN(CC)CCCCNc1ncc2cc(-c3c(Cl)c(OC)cc(OC)c3Cl)c(=O)n(CCc3ccc(NC(=O)C(C#N)=CC(C)C)cc3)c2n1. The van der Waals surface area contributed by atoms with Crippen LogP contribution in [0.3, 0.4) is 0 Å². The van der Waals surface area contributed by atoms with Crippen LogP contribution in [0.1, 0.15) is 46.1 Å². The summed E-state index contributed by atoms with van der Waals surface area (Å²) in [6.45, 7) is 12.2. The molecule has 2 aromatic heterocycles. The van der Waals surface area contributed by atoms with E-state index in [0.29, 0.717) is 47.1 Å². The van der Waals surface area contributed by atoms with Crippen LogP contribution in [0.15, 0.2) is 59.0 Å². The van der Waals surface area contributed by atoms with Crippen molar-refractivity contribution in [2.75, 3.05) is 51.0 Å². The zero-order valence-electron chi connectivity index (χ0n) is 30.0. The van der Waals surface area contributed by atoms with E-state index in [-0.39, 0.29) is 44.8 Å². The summed E-state index contributed by atoms with van der Waals surface area (Å²) in [4.78, 5) is 38.7. The number of carbonyl (C=O) groups is 1. The molecule has 0 saturated heterocycles. The molecule has 0 saturated carbocycles. The first-order valence-electron chi connectivity index (χ1n) is 17.0. The minimum atomic E-state index is -0.465. The number of rotatable bonds is 17. The summed E-state index contributed by atoms with van der Waals surface area (Å²) in [7, 11) is 2.95. The van der Waals surface area contributed by atoms with Gasteiger partial charge in [0.1, 0.15) is 28.8 Å². The quantitative estimate of drug-likeness (QED) is 0.0639. The van der Waals surface area contributed by atoms with Gasteiger partial charge in [0.05, 0.1) is 29.8 Å². The van der Waals surface area contributed by atoms with Gasteiger partial charge in [-0.05, 0) is 68.6 Å². The Morgan fingerprint density at radius 3 is 2.31 bits per heavy atom. The lowest BCUT2D eigenvalue weighted by molar-refractivity contribution is -0.112. The lowest BCUT2D eigenvalue weighted by atomic mass is 10.0. The predicted octanol–water partition coefficient (Wildman–Crippen LogP) is 7.60. The van der Waals surface area contributed by atoms with E-state index in [4.69, 9.17) is 37.7 Å². The first-order chi connectivity index (χ1) is 24.5. The summed E-state index contributed by atoms with van der Waals surface area (Å²) < 4.78 is 12.5. The summed E-state index contributed by atoms with van der Waals surface area (Å²) in [5.41, 5.74) is 2.16. The summed E-state index contributed by atoms with van der Waals surface area (Å²) in [6, 6.07) is 12.5. The minimum absolute atomic E-state index is 0.0588. The van der Waals surface area contributed by atoms with Crippen LogP contribution in [0.4, 0.5) is 11.6 Å². The van der Waals surface area contributed by atoms with Crippen LogP contribution in [0.5, 0.6) is 11.5 Å². The summed E-state index contributed by atoms with van der Waals surface area (Å²) >= 11 is 13.5. The van der Waals surface area contributed by atoms with Gasteiger partial charge in [0.2, 0.25) is 5.95 Å². The molecule has 1 amide bonds. The first kappa shape index (κ1) is 39.2. The maximum Gasteiger partial charge on any atom is 0.265 e. The van der Waals surface area contributed by atoms with E-state index in [1.807, 2.05) is 32.0 Å². The fraction of sp³-hybridized carbons (Fsp3) is 0.395. The normalized spacial score (nSPS) is 11.6. The maximum atomic E-state index is 14.4. The number of ether oxygens (including phenoxy) is 2. The van der Waals surface area contributed by atoms with Crippen molar-refractivity contribution in [1.29, 1.82) is 5.26 Å². The van der Waals surface area contributed by atoms with Crippen LogP contribution in [-0.4, -0.2) is 65.7 Å². The average molecular weight is 735 g/mol. The molecule has 0 aliphatic carbocycles. The lowest BCUT2D eigenvalue weighted by Crippen LogP contribution is -2.25. The number of methoxy groups -OCH3 is 2. The highest BCUT2D eigenvalue weighted by atomic mass is 35.5. The molecule has 0 radical (unpaired) electrons. The van der Waals surface area contributed by atoms with Crippen molar-refractivity contribution in [2.45, 2.75) is 53.5 Å². The standard InChI is InChI=1S/C38H45Cl2N7O4/c1-7-46(8-2)17-10-9-16-42-38-43-23-27-20-29(32-33(39)30(50-5)21-31(51-6)34(32)40)37(49)47(35(27)45-38)18-15-25-11-13-28(14-12-25)44-36(48)26(22-41)19-24(3)4/h11-14,19-21,23-24H,7-10,15-18H2,1-6H3,(H,44,48)(H,42,43,45). The van der Waals surface area contributed by atoms with E-state index >= 15 is 0 Å². The fourth-order valence-corrected chi connectivity index (χ4v) is 6.35. The van der Waals surface area contributed by atoms with Crippen molar-refractivity contribution in [3.05, 3.63) is 80.2 Å². The van der Waals surface area contributed by atoms with E-state index in [1.54, 1.807) is 41.1 Å². The van der Waals surface area contributed by atoms with Gasteiger partial charge in [0, 0.05) is 42.0 Å². The first-order valence-corrected chi connectivity index (χ1v) is 17.8. The monoisotopic (exact) mass is 733 g/mol. The van der Waals surface area contributed by atoms with Crippen molar-refractivity contribution in [1.82, 2.24) is 19.4 Å². The Kier molecular flexibility index (Phi) is 14.3. The summed E-state index contributed by atoms with van der Waals surface area (Å²) in [6.07, 6.45) is 5.75. The number of allylic oxidation sites excluding steroid dienone is 1. The zero-order chi connectivity index (χ0) is 37.1. The molecule has 0 spiro atoms. The molecule has 11 nitrogen and oxygen atoms in total. The largest absolute Gasteiger partial charge is 0.495 e. The third-order valence-electron chi connectivity index (χ3n) is 8.45. The number of unbranched alkanes of at least 4 members (excludes halogenated alkanes) is 1. The number of hydrogen-bond donors (Lipinski definition) is 2. The number of carbonyl (C=O) groups excluding carboxylic acids is 1. The van der Waals surface area contributed by atoms with Crippen LogP contribution >= 0.6 is 23.2 Å². The Morgan fingerprint density at radius 2 is 1.73 bits per heavy atom. The second-order valence-corrected chi connectivity index (χ2v) is 13.0. The molecule has 0 atom stereocenters. The number of halogens is 2. The van der Waals surface area contributed by atoms with E-state index in [2.05, 4.69) is 34.4 Å². The van der Waals surface area contributed by atoms with Crippen molar-refractivity contribution < 1.29 is 14.3 Å². The average Bonchev–Trinajstić information content (AvgIpc) is 3.12. The molecule has 2 heterocycles. The van der Waals surface area contributed by atoms with Crippen LogP contribution < -0.4 is 25.7 Å². The van der Waals surface area contributed by atoms with Crippen molar-refractivity contribution in [2.24, 2.45) is 5.92 Å². The Bertz CT molecular complexity index is 1940. The molecule has 0 unspecified atom stereocenters. The maximum absolute atomic E-state index is 14.4. The van der Waals surface area contributed by atoms with Crippen LogP contribution in [0.25, 0.3) is 22.2 Å². The molecule has 13 heteroatoms. The Hall–Kier alpha value is -4.63. The molecule has 51 heavy (non-hydrogen) atoms. The van der Waals surface area contributed by atoms with Gasteiger partial charge in [0.15, 0.2) is 0 Å². The van der Waals surface area contributed by atoms with Gasteiger partial charge >= 0.3 is 0 Å². The highest BCUT2D eigenvalue weighted by Gasteiger charge is 2.23. The molecule has 2 N–H and O–H groups in total. The molecule has 4 aromatic rings. The third-order valence-corrected chi connectivity index (χ3v) is 9.20. The van der Waals surface area contributed by atoms with Crippen LogP contribution in [-0.2, 0) is 17.8 Å². The molecular weight excluding hydrogens is 689 g/mol. The van der Waals surface area contributed by atoms with Gasteiger partial charge in [-0.1, -0.05) is 69.1 Å². The number of nitriles is 1. The van der Waals surface area contributed by atoms with Gasteiger partial charge in [-0.15, -0.1) is 0 Å². The Balaban J connectivity index is 1.68. The van der Waals surface area contributed by atoms with Crippen molar-refractivity contribution >= 4 is 51.8 Å². The molecule has 0 aliphatic rings. The van der Waals surface area contributed by atoms with Gasteiger partial charge in [-0.2, -0.15) is 10.2 Å². The molecule has 2 aromatic carbocycles. The Labute approximate surface area is 309 Å². The lowest BCUT2D eigenvalue weighted by Gasteiger charge is -2.18. The van der Waals surface area contributed by atoms with Gasteiger partial charge in [0.25, 0.3) is 11.5 Å². The number of pyridine rings is 1. The number of aromatic nitrogens is 3. The molecule has 0 fully saturated rings. The highest BCUT2D eigenvalue weighted by molar-refractivity contribution is 6.41. The van der Waals surface area contributed by atoms with E-state index in [0.717, 1.165) is 38.0 Å². The molecule has 0 bridgehead atoms. The van der Waals surface area contributed by atoms with Gasteiger partial charge < -0.3 is 25.0 Å². The van der Waals surface area contributed by atoms with Crippen LogP contribution in [0.2, 0.25) is 10.0 Å². The van der Waals surface area contributed by atoms with E-state index < -0.39 is 5.91 Å². The molecular formula is C38H45Cl2N7O4. The van der Waals surface area contributed by atoms with Gasteiger partial charge in [-0.3, -0.25) is 14.2 Å². The second kappa shape index (κ2) is 18.6. The number of hydrogen-bond acceptors (Lipinski definition) is 9. The Morgan fingerprint density at radius 1 is 1.06 bits per heavy atom. The van der Waals surface area contributed by atoms with Crippen molar-refractivity contribution in [3.8, 4) is 28.7 Å². The topological polar surface area (TPSA) is 134 Å². The van der Waals surface area contributed by atoms with E-state index in [9.17, 15) is 14.9 Å². The number of fused-ring (bicyclic) bond motifs is 1.